The SMILES string of the molecule is CC(C)C1CCN(CC2(CO)CCCCCC2)C1. The zero-order valence-electron chi connectivity index (χ0n) is 12.3. The van der Waals surface area contributed by atoms with Crippen molar-refractivity contribution in [1.29, 1.82) is 0 Å². The molecule has 0 radical (unpaired) electrons. The summed E-state index contributed by atoms with van der Waals surface area (Å²) in [7, 11) is 0. The Labute approximate surface area is 113 Å². The molecule has 1 atom stereocenters. The van der Waals surface area contributed by atoms with Gasteiger partial charge in [0.1, 0.15) is 0 Å². The van der Waals surface area contributed by atoms with Gasteiger partial charge in [0.15, 0.2) is 0 Å². The van der Waals surface area contributed by atoms with Crippen LogP contribution < -0.4 is 0 Å². The minimum atomic E-state index is 0.225. The lowest BCUT2D eigenvalue weighted by molar-refractivity contribution is 0.0660. The van der Waals surface area contributed by atoms with Crippen molar-refractivity contribution in [2.24, 2.45) is 17.3 Å². The molecule has 1 aliphatic carbocycles. The summed E-state index contributed by atoms with van der Waals surface area (Å²) in [6.45, 7) is 8.76. The van der Waals surface area contributed by atoms with Crippen molar-refractivity contribution in [3.05, 3.63) is 0 Å². The molecule has 106 valence electrons. The molecule has 0 bridgehead atoms. The Morgan fingerprint density at radius 3 is 2.33 bits per heavy atom. The first kappa shape index (κ1) is 14.3. The highest BCUT2D eigenvalue weighted by Gasteiger charge is 2.35. The summed E-state index contributed by atoms with van der Waals surface area (Å²) in [5, 5.41) is 9.88. The van der Waals surface area contributed by atoms with E-state index in [1.54, 1.807) is 0 Å². The van der Waals surface area contributed by atoms with Crippen LogP contribution in [0.15, 0.2) is 0 Å². The summed E-state index contributed by atoms with van der Waals surface area (Å²) in [4.78, 5) is 2.63. The maximum absolute atomic E-state index is 9.88. The minimum absolute atomic E-state index is 0.225. The number of nitrogens with zero attached hydrogens (tertiary/aromatic N) is 1. The molecule has 0 aromatic heterocycles. The summed E-state index contributed by atoms with van der Waals surface area (Å²) in [5.74, 6) is 1.70. The van der Waals surface area contributed by atoms with E-state index in [0.717, 1.165) is 18.4 Å². The Kier molecular flexibility index (Phi) is 5.08. The Balaban J connectivity index is 1.90. The normalized spacial score (nSPS) is 29.7. The largest absolute Gasteiger partial charge is 0.396 e. The first-order valence-electron chi connectivity index (χ1n) is 7.98. The van der Waals surface area contributed by atoms with Gasteiger partial charge in [-0.05, 0) is 37.6 Å². The number of aliphatic hydroxyl groups is 1. The third kappa shape index (κ3) is 3.48. The molecule has 1 saturated heterocycles. The van der Waals surface area contributed by atoms with Gasteiger partial charge in [-0.3, -0.25) is 0 Å². The van der Waals surface area contributed by atoms with E-state index in [1.165, 1.54) is 58.0 Å². The lowest BCUT2D eigenvalue weighted by Gasteiger charge is -2.35. The van der Waals surface area contributed by atoms with Crippen molar-refractivity contribution in [2.45, 2.75) is 58.8 Å². The molecule has 2 fully saturated rings. The zero-order chi connectivity index (χ0) is 13.0. The molecule has 0 aromatic carbocycles. The van der Waals surface area contributed by atoms with Crippen molar-refractivity contribution in [2.75, 3.05) is 26.2 Å². The average molecular weight is 253 g/mol. The average Bonchev–Trinajstić information content (AvgIpc) is 2.69. The Bertz CT molecular complexity index is 243. The lowest BCUT2D eigenvalue weighted by Crippen LogP contribution is -2.39. The van der Waals surface area contributed by atoms with Crippen molar-refractivity contribution >= 4 is 0 Å². The third-order valence-electron chi connectivity index (χ3n) is 5.31. The van der Waals surface area contributed by atoms with Gasteiger partial charge in [-0.15, -0.1) is 0 Å². The Morgan fingerprint density at radius 1 is 1.17 bits per heavy atom. The zero-order valence-corrected chi connectivity index (χ0v) is 12.3. The molecule has 0 aromatic rings. The summed E-state index contributed by atoms with van der Waals surface area (Å²) in [6, 6.07) is 0. The molecular weight excluding hydrogens is 222 g/mol. The molecule has 2 rings (SSSR count). The topological polar surface area (TPSA) is 23.5 Å². The van der Waals surface area contributed by atoms with Crippen molar-refractivity contribution in [3.8, 4) is 0 Å². The first-order chi connectivity index (χ1) is 8.65. The van der Waals surface area contributed by atoms with E-state index in [0.29, 0.717) is 6.61 Å². The number of likely N-dealkylation sites (tertiary alicyclic amines) is 1. The van der Waals surface area contributed by atoms with Crippen LogP contribution >= 0.6 is 0 Å². The van der Waals surface area contributed by atoms with Gasteiger partial charge in [0.2, 0.25) is 0 Å². The Morgan fingerprint density at radius 2 is 1.83 bits per heavy atom. The molecular formula is C16H31NO. The predicted octanol–water partition coefficient (Wildman–Crippen LogP) is 3.30. The van der Waals surface area contributed by atoms with Gasteiger partial charge in [0.25, 0.3) is 0 Å². The summed E-state index contributed by atoms with van der Waals surface area (Å²) in [6.07, 6.45) is 9.23. The highest BCUT2D eigenvalue weighted by atomic mass is 16.3. The maximum atomic E-state index is 9.88. The standard InChI is InChI=1S/C16H31NO/c1-14(2)15-7-10-17(11-15)12-16(13-18)8-5-3-4-6-9-16/h14-15,18H,3-13H2,1-2H3. The molecule has 1 saturated carbocycles. The molecule has 0 amide bonds. The van der Waals surface area contributed by atoms with Crippen LogP contribution in [0, 0.1) is 17.3 Å². The van der Waals surface area contributed by atoms with Crippen molar-refractivity contribution in [1.82, 2.24) is 4.90 Å². The quantitative estimate of drug-likeness (QED) is 0.777. The summed E-state index contributed by atoms with van der Waals surface area (Å²) >= 11 is 0. The number of hydrogen-bond donors (Lipinski definition) is 1. The van der Waals surface area contributed by atoms with Gasteiger partial charge in [-0.25, -0.2) is 0 Å². The molecule has 2 nitrogen and oxygen atoms in total. The van der Waals surface area contributed by atoms with E-state index >= 15 is 0 Å². The number of hydrogen-bond acceptors (Lipinski definition) is 2. The van der Waals surface area contributed by atoms with Crippen LogP contribution in [0.3, 0.4) is 0 Å². The minimum Gasteiger partial charge on any atom is -0.396 e. The fourth-order valence-corrected chi connectivity index (χ4v) is 3.87. The first-order valence-corrected chi connectivity index (χ1v) is 7.98. The fourth-order valence-electron chi connectivity index (χ4n) is 3.87. The highest BCUT2D eigenvalue weighted by Crippen LogP contribution is 2.37. The van der Waals surface area contributed by atoms with E-state index < -0.39 is 0 Å². The molecule has 1 N–H and O–H groups in total. The predicted molar refractivity (Wildman–Crippen MR) is 76.6 cm³/mol. The van der Waals surface area contributed by atoms with Gasteiger partial charge in [-0.1, -0.05) is 39.5 Å². The summed E-state index contributed by atoms with van der Waals surface area (Å²) in [5.41, 5.74) is 0.225. The smallest absolute Gasteiger partial charge is 0.0499 e. The molecule has 1 aliphatic heterocycles. The number of rotatable bonds is 4. The molecule has 1 heterocycles. The van der Waals surface area contributed by atoms with Gasteiger partial charge in [0.05, 0.1) is 0 Å². The second-order valence-corrected chi connectivity index (χ2v) is 7.10. The van der Waals surface area contributed by atoms with E-state index in [9.17, 15) is 5.11 Å². The number of aliphatic hydroxyl groups excluding tert-OH is 1. The Hall–Kier alpha value is -0.0800. The summed E-state index contributed by atoms with van der Waals surface area (Å²) < 4.78 is 0. The molecule has 0 spiro atoms. The van der Waals surface area contributed by atoms with Crippen LogP contribution in [0.2, 0.25) is 0 Å². The van der Waals surface area contributed by atoms with Crippen LogP contribution in [0.4, 0.5) is 0 Å². The monoisotopic (exact) mass is 253 g/mol. The van der Waals surface area contributed by atoms with E-state index in [2.05, 4.69) is 18.7 Å². The molecule has 1 unspecified atom stereocenters. The van der Waals surface area contributed by atoms with Crippen LogP contribution in [0.1, 0.15) is 58.8 Å². The lowest BCUT2D eigenvalue weighted by atomic mass is 9.80. The fraction of sp³-hybridized carbons (Fsp3) is 1.00. The molecule has 2 aliphatic rings. The van der Waals surface area contributed by atoms with Gasteiger partial charge in [-0.2, -0.15) is 0 Å². The van der Waals surface area contributed by atoms with Gasteiger partial charge < -0.3 is 10.0 Å². The van der Waals surface area contributed by atoms with Crippen LogP contribution in [0.5, 0.6) is 0 Å². The molecule has 18 heavy (non-hydrogen) atoms. The van der Waals surface area contributed by atoms with E-state index in [4.69, 9.17) is 0 Å². The molecule has 2 heteroatoms. The van der Waals surface area contributed by atoms with E-state index in [-0.39, 0.29) is 5.41 Å². The maximum Gasteiger partial charge on any atom is 0.0499 e. The van der Waals surface area contributed by atoms with Crippen LogP contribution in [0.25, 0.3) is 0 Å². The van der Waals surface area contributed by atoms with E-state index in [1.807, 2.05) is 0 Å². The second-order valence-electron chi connectivity index (χ2n) is 7.10. The van der Waals surface area contributed by atoms with Gasteiger partial charge in [0, 0.05) is 25.1 Å². The van der Waals surface area contributed by atoms with Gasteiger partial charge >= 0.3 is 0 Å². The highest BCUT2D eigenvalue weighted by molar-refractivity contribution is 4.87. The van der Waals surface area contributed by atoms with Crippen molar-refractivity contribution in [3.63, 3.8) is 0 Å². The second kappa shape index (κ2) is 6.38. The van der Waals surface area contributed by atoms with Crippen LogP contribution in [-0.4, -0.2) is 36.2 Å². The third-order valence-corrected chi connectivity index (χ3v) is 5.31. The van der Waals surface area contributed by atoms with Crippen LogP contribution in [-0.2, 0) is 0 Å². The van der Waals surface area contributed by atoms with Crippen molar-refractivity contribution < 1.29 is 5.11 Å².